The summed E-state index contributed by atoms with van der Waals surface area (Å²) >= 11 is 0. The van der Waals surface area contributed by atoms with E-state index in [0.717, 1.165) is 0 Å². The Morgan fingerprint density at radius 3 is 2.26 bits per heavy atom. The first kappa shape index (κ1) is 18.7. The summed E-state index contributed by atoms with van der Waals surface area (Å²) in [6.07, 6.45) is 1.60. The fourth-order valence-electron chi connectivity index (χ4n) is 2.63. The Kier molecular flexibility index (Phi) is 5.58. The van der Waals surface area contributed by atoms with E-state index in [0.29, 0.717) is 37.7 Å². The predicted molar refractivity (Wildman–Crippen MR) is 93.0 cm³/mol. The van der Waals surface area contributed by atoms with Gasteiger partial charge in [-0.1, -0.05) is 12.1 Å². The molecule has 1 aromatic heterocycles. The summed E-state index contributed by atoms with van der Waals surface area (Å²) in [7, 11) is 0. The van der Waals surface area contributed by atoms with Crippen LogP contribution < -0.4 is 9.64 Å². The van der Waals surface area contributed by atoms with Crippen LogP contribution in [0, 0.1) is 0 Å². The molecule has 1 fully saturated rings. The van der Waals surface area contributed by atoms with Gasteiger partial charge in [-0.15, -0.1) is 13.2 Å². The zero-order valence-corrected chi connectivity index (χ0v) is 14.3. The molecule has 0 bridgehead atoms. The van der Waals surface area contributed by atoms with Crippen LogP contribution >= 0.6 is 0 Å². The Balaban J connectivity index is 1.52. The van der Waals surface area contributed by atoms with Crippen molar-refractivity contribution in [2.45, 2.75) is 6.36 Å². The molecule has 1 aliphatic heterocycles. The van der Waals surface area contributed by atoms with Gasteiger partial charge in [0.05, 0.1) is 0 Å². The van der Waals surface area contributed by atoms with E-state index in [9.17, 15) is 18.0 Å². The zero-order chi connectivity index (χ0) is 19.3. The second-order valence-electron chi connectivity index (χ2n) is 5.81. The molecule has 0 N–H and O–H groups in total. The molecule has 3 rings (SSSR count). The van der Waals surface area contributed by atoms with Gasteiger partial charge in [0.15, 0.2) is 0 Å². The SMILES string of the molecule is O=C(/C=C/c1ccc(OC(F)(F)F)cc1)N1CCN(c2ncccn2)CC1. The van der Waals surface area contributed by atoms with Crippen molar-refractivity contribution in [2.24, 2.45) is 0 Å². The maximum Gasteiger partial charge on any atom is 0.573 e. The number of rotatable bonds is 4. The molecule has 0 aliphatic carbocycles. The minimum Gasteiger partial charge on any atom is -0.406 e. The van der Waals surface area contributed by atoms with Crippen LogP contribution in [0.25, 0.3) is 6.08 Å². The summed E-state index contributed by atoms with van der Waals surface area (Å²) in [5.41, 5.74) is 0.606. The van der Waals surface area contributed by atoms with Gasteiger partial charge in [0.25, 0.3) is 0 Å². The van der Waals surface area contributed by atoms with Gasteiger partial charge in [-0.25, -0.2) is 9.97 Å². The Hall–Kier alpha value is -3.10. The van der Waals surface area contributed by atoms with Crippen molar-refractivity contribution in [1.82, 2.24) is 14.9 Å². The van der Waals surface area contributed by atoms with Crippen LogP contribution in [0.4, 0.5) is 19.1 Å². The number of anilines is 1. The molecular formula is C18H17F3N4O2. The van der Waals surface area contributed by atoms with Crippen LogP contribution in [0.5, 0.6) is 5.75 Å². The van der Waals surface area contributed by atoms with Gasteiger partial charge in [-0.3, -0.25) is 4.79 Å². The Bertz CT molecular complexity index is 787. The second kappa shape index (κ2) is 8.07. The lowest BCUT2D eigenvalue weighted by atomic mass is 10.2. The van der Waals surface area contributed by atoms with Crippen LogP contribution in [0.15, 0.2) is 48.8 Å². The number of nitrogens with zero attached hydrogens (tertiary/aromatic N) is 4. The van der Waals surface area contributed by atoms with Crippen LogP contribution in [0.3, 0.4) is 0 Å². The van der Waals surface area contributed by atoms with Crippen LogP contribution in [0.1, 0.15) is 5.56 Å². The van der Waals surface area contributed by atoms with E-state index >= 15 is 0 Å². The molecule has 2 heterocycles. The molecule has 27 heavy (non-hydrogen) atoms. The monoisotopic (exact) mass is 378 g/mol. The van der Waals surface area contributed by atoms with Crippen molar-refractivity contribution in [2.75, 3.05) is 31.1 Å². The lowest BCUT2D eigenvalue weighted by Crippen LogP contribution is -2.48. The van der Waals surface area contributed by atoms with E-state index in [1.54, 1.807) is 29.4 Å². The molecule has 1 aliphatic rings. The third-order valence-electron chi connectivity index (χ3n) is 3.96. The molecule has 142 valence electrons. The summed E-state index contributed by atoms with van der Waals surface area (Å²) in [5, 5.41) is 0. The normalized spacial score (nSPS) is 15.2. The summed E-state index contributed by atoms with van der Waals surface area (Å²) in [6, 6.07) is 7.06. The van der Waals surface area contributed by atoms with E-state index < -0.39 is 6.36 Å². The number of carbonyl (C=O) groups excluding carboxylic acids is 1. The van der Waals surface area contributed by atoms with Crippen molar-refractivity contribution < 1.29 is 22.7 Å². The zero-order valence-electron chi connectivity index (χ0n) is 14.3. The summed E-state index contributed by atoms with van der Waals surface area (Å²) < 4.78 is 40.2. The van der Waals surface area contributed by atoms with Crippen molar-refractivity contribution in [1.29, 1.82) is 0 Å². The van der Waals surface area contributed by atoms with E-state index in [-0.39, 0.29) is 11.7 Å². The minimum atomic E-state index is -4.72. The number of hydrogen-bond donors (Lipinski definition) is 0. The highest BCUT2D eigenvalue weighted by molar-refractivity contribution is 5.92. The number of carbonyl (C=O) groups is 1. The molecule has 2 aromatic rings. The summed E-state index contributed by atoms with van der Waals surface area (Å²) in [5.74, 6) is 0.186. The van der Waals surface area contributed by atoms with Gasteiger partial charge in [0.1, 0.15) is 5.75 Å². The first-order chi connectivity index (χ1) is 12.9. The summed E-state index contributed by atoms with van der Waals surface area (Å²) in [6.45, 7) is 2.35. The standard InChI is InChI=1S/C18H17F3N4O2/c19-18(20,21)27-15-5-2-14(3-6-15)4-7-16(26)24-10-12-25(13-11-24)17-22-8-1-9-23-17/h1-9H,10-13H2/b7-4+. The quantitative estimate of drug-likeness (QED) is 0.766. The fourth-order valence-corrected chi connectivity index (χ4v) is 2.63. The molecule has 0 atom stereocenters. The third kappa shape index (κ3) is 5.44. The highest BCUT2D eigenvalue weighted by atomic mass is 19.4. The average Bonchev–Trinajstić information content (AvgIpc) is 2.67. The Morgan fingerprint density at radius 2 is 1.67 bits per heavy atom. The minimum absolute atomic E-state index is 0.153. The van der Waals surface area contributed by atoms with Crippen LogP contribution in [0.2, 0.25) is 0 Å². The van der Waals surface area contributed by atoms with E-state index in [2.05, 4.69) is 14.7 Å². The van der Waals surface area contributed by atoms with Crippen molar-refractivity contribution in [3.8, 4) is 5.75 Å². The van der Waals surface area contributed by atoms with Gasteiger partial charge in [0.2, 0.25) is 11.9 Å². The Morgan fingerprint density at radius 1 is 1.04 bits per heavy atom. The maximum absolute atomic E-state index is 12.3. The molecule has 0 spiro atoms. The number of benzene rings is 1. The van der Waals surface area contributed by atoms with Crippen molar-refractivity contribution >= 4 is 17.9 Å². The molecule has 0 saturated carbocycles. The molecule has 6 nitrogen and oxygen atoms in total. The number of ether oxygens (including phenoxy) is 1. The van der Waals surface area contributed by atoms with Crippen molar-refractivity contribution in [3.63, 3.8) is 0 Å². The highest BCUT2D eigenvalue weighted by Gasteiger charge is 2.30. The first-order valence-electron chi connectivity index (χ1n) is 8.25. The van der Waals surface area contributed by atoms with Crippen LogP contribution in [-0.4, -0.2) is 53.3 Å². The van der Waals surface area contributed by atoms with Gasteiger partial charge in [-0.05, 0) is 29.8 Å². The van der Waals surface area contributed by atoms with Gasteiger partial charge in [0, 0.05) is 44.6 Å². The lowest BCUT2D eigenvalue weighted by molar-refractivity contribution is -0.274. The first-order valence-corrected chi connectivity index (χ1v) is 8.25. The number of piperazine rings is 1. The van der Waals surface area contributed by atoms with Gasteiger partial charge in [-0.2, -0.15) is 0 Å². The fraction of sp³-hybridized carbons (Fsp3) is 0.278. The molecule has 1 saturated heterocycles. The second-order valence-corrected chi connectivity index (χ2v) is 5.81. The maximum atomic E-state index is 12.3. The molecule has 1 aromatic carbocycles. The number of hydrogen-bond acceptors (Lipinski definition) is 5. The number of alkyl halides is 3. The number of amides is 1. The molecule has 1 amide bonds. The van der Waals surface area contributed by atoms with E-state index in [1.807, 2.05) is 4.90 Å². The Labute approximate surface area is 153 Å². The molecule has 0 unspecified atom stereocenters. The smallest absolute Gasteiger partial charge is 0.406 e. The van der Waals surface area contributed by atoms with E-state index in [4.69, 9.17) is 0 Å². The topological polar surface area (TPSA) is 58.6 Å². The predicted octanol–water partition coefficient (Wildman–Crippen LogP) is 2.74. The van der Waals surface area contributed by atoms with E-state index in [1.165, 1.54) is 30.3 Å². The highest BCUT2D eigenvalue weighted by Crippen LogP contribution is 2.23. The van der Waals surface area contributed by atoms with Crippen molar-refractivity contribution in [3.05, 3.63) is 54.4 Å². The molecular weight excluding hydrogens is 361 g/mol. The average molecular weight is 378 g/mol. The lowest BCUT2D eigenvalue weighted by Gasteiger charge is -2.34. The number of aromatic nitrogens is 2. The van der Waals surface area contributed by atoms with Gasteiger partial charge >= 0.3 is 6.36 Å². The largest absolute Gasteiger partial charge is 0.573 e. The molecule has 9 heteroatoms. The number of halogens is 3. The molecule has 0 radical (unpaired) electrons. The van der Waals surface area contributed by atoms with Crippen LogP contribution in [-0.2, 0) is 4.79 Å². The third-order valence-corrected chi connectivity index (χ3v) is 3.96. The van der Waals surface area contributed by atoms with Gasteiger partial charge < -0.3 is 14.5 Å². The summed E-state index contributed by atoms with van der Waals surface area (Å²) in [4.78, 5) is 24.4.